The lowest BCUT2D eigenvalue weighted by Gasteiger charge is -2.26. The molecule has 0 saturated carbocycles. The van der Waals surface area contributed by atoms with Crippen LogP contribution in [0.2, 0.25) is 0 Å². The Hall–Kier alpha value is -1.92. The number of hydrogen-bond acceptors (Lipinski definition) is 4. The molecule has 2 rings (SSSR count). The Kier molecular flexibility index (Phi) is 6.42. The second-order valence-corrected chi connectivity index (χ2v) is 7.58. The van der Waals surface area contributed by atoms with Gasteiger partial charge in [0.25, 0.3) is 0 Å². The van der Waals surface area contributed by atoms with Gasteiger partial charge in [-0.3, -0.25) is 4.79 Å². The zero-order valence-corrected chi connectivity index (χ0v) is 16.5. The maximum atomic E-state index is 11.6. The molecule has 0 heterocycles. The van der Waals surface area contributed by atoms with Crippen molar-refractivity contribution in [1.29, 1.82) is 0 Å². The molecule has 1 aliphatic rings. The number of likely N-dealkylation sites (N-methyl/N-ethyl adjacent to an activating group) is 1. The van der Waals surface area contributed by atoms with Crippen molar-refractivity contribution in [3.8, 4) is 0 Å². The third kappa shape index (κ3) is 4.83. The largest absolute Gasteiger partial charge is 0.392 e. The first kappa shape index (κ1) is 20.4. The van der Waals surface area contributed by atoms with Crippen molar-refractivity contribution >= 4 is 17.4 Å². The van der Waals surface area contributed by atoms with Crippen molar-refractivity contribution in [2.24, 2.45) is 10.7 Å². The van der Waals surface area contributed by atoms with Gasteiger partial charge in [-0.15, -0.1) is 0 Å². The lowest BCUT2D eigenvalue weighted by atomic mass is 9.99. The summed E-state index contributed by atoms with van der Waals surface area (Å²) < 4.78 is 5.89. The highest BCUT2D eigenvalue weighted by Crippen LogP contribution is 2.35. The molecule has 0 fully saturated rings. The van der Waals surface area contributed by atoms with Gasteiger partial charge in [-0.1, -0.05) is 13.0 Å². The number of rotatable bonds is 7. The molecule has 0 saturated heterocycles. The van der Waals surface area contributed by atoms with E-state index in [9.17, 15) is 9.90 Å². The maximum absolute atomic E-state index is 11.6. The van der Waals surface area contributed by atoms with Crippen LogP contribution < -0.4 is 5.73 Å². The fourth-order valence-electron chi connectivity index (χ4n) is 3.02. The lowest BCUT2D eigenvalue weighted by Crippen LogP contribution is -2.32. The van der Waals surface area contributed by atoms with Crippen molar-refractivity contribution in [3.05, 3.63) is 29.3 Å². The van der Waals surface area contributed by atoms with E-state index in [1.807, 2.05) is 37.1 Å². The maximum Gasteiger partial charge on any atom is 0.227 e. The van der Waals surface area contributed by atoms with Crippen LogP contribution in [0.4, 0.5) is 5.69 Å². The van der Waals surface area contributed by atoms with Crippen LogP contribution in [0.25, 0.3) is 0 Å². The van der Waals surface area contributed by atoms with Gasteiger partial charge in [0, 0.05) is 13.6 Å². The molecule has 2 atom stereocenters. The zero-order valence-electron chi connectivity index (χ0n) is 16.5. The van der Waals surface area contributed by atoms with E-state index < -0.39 is 17.9 Å². The predicted octanol–water partition coefficient (Wildman–Crippen LogP) is 2.36. The van der Waals surface area contributed by atoms with Crippen molar-refractivity contribution < 1.29 is 14.6 Å². The number of amides is 1. The lowest BCUT2D eigenvalue weighted by molar-refractivity contribution is -0.121. The van der Waals surface area contributed by atoms with Crippen molar-refractivity contribution in [3.63, 3.8) is 0 Å². The molecule has 6 heteroatoms. The van der Waals surface area contributed by atoms with Crippen molar-refractivity contribution in [2.45, 2.75) is 58.2 Å². The van der Waals surface area contributed by atoms with Crippen LogP contribution in [0.5, 0.6) is 0 Å². The average molecular weight is 361 g/mol. The monoisotopic (exact) mass is 361 g/mol. The van der Waals surface area contributed by atoms with E-state index in [4.69, 9.17) is 10.5 Å². The van der Waals surface area contributed by atoms with E-state index in [0.29, 0.717) is 13.0 Å². The molecule has 6 nitrogen and oxygen atoms in total. The zero-order chi connectivity index (χ0) is 19.5. The predicted molar refractivity (Wildman–Crippen MR) is 104 cm³/mol. The summed E-state index contributed by atoms with van der Waals surface area (Å²) in [7, 11) is 1.98. The number of aliphatic hydroxyl groups excluding tert-OH is 1. The highest BCUT2D eigenvalue weighted by Gasteiger charge is 2.35. The minimum absolute atomic E-state index is 0.115. The fraction of sp³-hybridized carbons (Fsp3) is 0.600. The summed E-state index contributed by atoms with van der Waals surface area (Å²) in [6.45, 7) is 9.60. The molecule has 0 radical (unpaired) electrons. The minimum atomic E-state index is -0.746. The van der Waals surface area contributed by atoms with Gasteiger partial charge in [0.1, 0.15) is 5.84 Å². The first-order valence-electron chi connectivity index (χ1n) is 9.15. The number of fused-ring (bicyclic) bond motifs is 1. The van der Waals surface area contributed by atoms with E-state index in [0.717, 1.165) is 35.6 Å². The molecule has 1 aromatic rings. The molecule has 0 aliphatic heterocycles. The Bertz CT molecular complexity index is 685. The highest BCUT2D eigenvalue weighted by atomic mass is 16.5. The van der Waals surface area contributed by atoms with E-state index in [2.05, 4.69) is 25.8 Å². The Labute approximate surface area is 156 Å². The van der Waals surface area contributed by atoms with Gasteiger partial charge < -0.3 is 20.5 Å². The van der Waals surface area contributed by atoms with E-state index in [-0.39, 0.29) is 5.60 Å². The number of amidine groups is 1. The van der Waals surface area contributed by atoms with Gasteiger partial charge in [-0.25, -0.2) is 4.99 Å². The standard InChI is InChI=1S/C20H31N3O3/c1-6-20(3,4)26-10-9-23(5)13(2)22-15-8-7-14-11-17(24)18(19(21)25)16(14)12-15/h7-8,12,17-18,24H,6,9-11H2,1-5H3,(H2,21,25). The summed E-state index contributed by atoms with van der Waals surface area (Å²) in [5.41, 5.74) is 7.83. The SMILES string of the molecule is CCC(C)(C)OCCN(C)C(C)=Nc1ccc2c(c1)C(C(N)=O)C(O)C2. The number of benzene rings is 1. The van der Waals surface area contributed by atoms with Gasteiger partial charge in [0.2, 0.25) is 5.91 Å². The van der Waals surface area contributed by atoms with Gasteiger partial charge in [0.05, 0.1) is 29.9 Å². The number of nitrogens with zero attached hydrogens (tertiary/aromatic N) is 2. The first-order valence-corrected chi connectivity index (χ1v) is 9.15. The fourth-order valence-corrected chi connectivity index (χ4v) is 3.02. The van der Waals surface area contributed by atoms with Gasteiger partial charge in [0.15, 0.2) is 0 Å². The third-order valence-electron chi connectivity index (χ3n) is 5.20. The molecule has 0 bridgehead atoms. The number of primary amides is 1. The number of hydrogen-bond donors (Lipinski definition) is 2. The summed E-state index contributed by atoms with van der Waals surface area (Å²) in [6.07, 6.45) is 0.673. The van der Waals surface area contributed by atoms with E-state index >= 15 is 0 Å². The van der Waals surface area contributed by atoms with Crippen LogP contribution in [0.1, 0.15) is 51.2 Å². The number of aliphatic imine (C=N–C) groups is 1. The van der Waals surface area contributed by atoms with Crippen molar-refractivity contribution in [1.82, 2.24) is 4.90 Å². The first-order chi connectivity index (χ1) is 12.1. The van der Waals surface area contributed by atoms with Gasteiger partial charge in [-0.05, 0) is 56.9 Å². The van der Waals surface area contributed by atoms with Crippen LogP contribution in [0.3, 0.4) is 0 Å². The number of ether oxygens (including phenoxy) is 1. The Morgan fingerprint density at radius 3 is 2.77 bits per heavy atom. The number of aliphatic hydroxyl groups is 1. The molecule has 26 heavy (non-hydrogen) atoms. The summed E-state index contributed by atoms with van der Waals surface area (Å²) in [5, 5.41) is 10.1. The van der Waals surface area contributed by atoms with Crippen LogP contribution in [-0.2, 0) is 16.0 Å². The molecule has 1 aromatic carbocycles. The molecule has 1 amide bonds. The second kappa shape index (κ2) is 8.18. The topological polar surface area (TPSA) is 88.1 Å². The Morgan fingerprint density at radius 1 is 1.46 bits per heavy atom. The van der Waals surface area contributed by atoms with Crippen molar-refractivity contribution in [2.75, 3.05) is 20.2 Å². The Balaban J connectivity index is 2.06. The summed E-state index contributed by atoms with van der Waals surface area (Å²) in [6, 6.07) is 5.68. The molecule has 2 unspecified atom stereocenters. The van der Waals surface area contributed by atoms with Crippen LogP contribution in [0, 0.1) is 0 Å². The van der Waals surface area contributed by atoms with Gasteiger partial charge >= 0.3 is 0 Å². The molecule has 3 N–H and O–H groups in total. The third-order valence-corrected chi connectivity index (χ3v) is 5.20. The smallest absolute Gasteiger partial charge is 0.227 e. The molecular weight excluding hydrogens is 330 g/mol. The number of carbonyl (C=O) groups excluding carboxylic acids is 1. The van der Waals surface area contributed by atoms with Gasteiger partial charge in [-0.2, -0.15) is 0 Å². The quantitative estimate of drug-likeness (QED) is 0.576. The molecular formula is C20H31N3O3. The minimum Gasteiger partial charge on any atom is -0.392 e. The summed E-state index contributed by atoms with van der Waals surface area (Å²) >= 11 is 0. The average Bonchev–Trinajstić information content (AvgIpc) is 2.89. The highest BCUT2D eigenvalue weighted by molar-refractivity contribution is 5.85. The molecule has 0 aromatic heterocycles. The molecule has 144 valence electrons. The van der Waals surface area contributed by atoms with Crippen LogP contribution >= 0.6 is 0 Å². The van der Waals surface area contributed by atoms with E-state index in [1.54, 1.807) is 0 Å². The molecule has 1 aliphatic carbocycles. The second-order valence-electron chi connectivity index (χ2n) is 7.58. The van der Waals surface area contributed by atoms with E-state index in [1.165, 1.54) is 0 Å². The molecule has 0 spiro atoms. The summed E-state index contributed by atoms with van der Waals surface area (Å²) in [4.78, 5) is 18.3. The Morgan fingerprint density at radius 2 is 2.15 bits per heavy atom. The normalized spacial score (nSPS) is 20.2. The van der Waals surface area contributed by atoms with Crippen LogP contribution in [0.15, 0.2) is 23.2 Å². The number of carbonyl (C=O) groups is 1. The summed E-state index contributed by atoms with van der Waals surface area (Å²) in [5.74, 6) is -0.290. The number of nitrogens with two attached hydrogens (primary N) is 1. The van der Waals surface area contributed by atoms with Crippen LogP contribution in [-0.4, -0.2) is 53.7 Å².